The van der Waals surface area contributed by atoms with E-state index in [9.17, 15) is 0 Å². The van der Waals surface area contributed by atoms with Crippen LogP contribution >= 0.6 is 0 Å². The van der Waals surface area contributed by atoms with E-state index < -0.39 is 0 Å². The van der Waals surface area contributed by atoms with Crippen molar-refractivity contribution < 1.29 is 0 Å². The van der Waals surface area contributed by atoms with E-state index in [1.807, 2.05) is 12.4 Å². The Kier molecular flexibility index (Phi) is 6.53. The van der Waals surface area contributed by atoms with E-state index in [4.69, 9.17) is 9.97 Å². The lowest BCUT2D eigenvalue weighted by Gasteiger charge is -2.20. The summed E-state index contributed by atoms with van der Waals surface area (Å²) in [6.07, 6.45) is 3.83. The maximum atomic E-state index is 5.03. The largest absolute Gasteiger partial charge is 0.256 e. The van der Waals surface area contributed by atoms with E-state index >= 15 is 0 Å². The first kappa shape index (κ1) is 28.4. The number of pyridine rings is 2. The average Bonchev–Trinajstić information content (AvgIpc) is 3.19. The van der Waals surface area contributed by atoms with Gasteiger partial charge in [-0.2, -0.15) is 0 Å². The molecule has 0 aliphatic carbocycles. The van der Waals surface area contributed by atoms with Gasteiger partial charge in [-0.3, -0.25) is 9.97 Å². The van der Waals surface area contributed by atoms with Gasteiger partial charge in [0.05, 0.1) is 11.0 Å². The Morgan fingerprint density at radius 1 is 0.240 bits per heavy atom. The van der Waals surface area contributed by atoms with Crippen molar-refractivity contribution >= 4 is 54.1 Å². The molecule has 2 nitrogen and oxygen atoms in total. The smallest absolute Gasteiger partial charge is 0.0792 e. The van der Waals surface area contributed by atoms with Gasteiger partial charge in [0, 0.05) is 34.3 Å². The number of benzene rings is 8. The molecule has 0 aliphatic heterocycles. The Bertz CT molecular complexity index is 2600. The molecule has 0 atom stereocenters. The Balaban J connectivity index is 1.31. The summed E-state index contributed by atoms with van der Waals surface area (Å²) in [4.78, 5) is 10.1. The van der Waals surface area contributed by atoms with E-state index in [0.717, 1.165) is 21.8 Å². The van der Waals surface area contributed by atoms with Gasteiger partial charge in [-0.1, -0.05) is 158 Å². The Morgan fingerprint density at radius 3 is 0.960 bits per heavy atom. The molecule has 2 aromatic heterocycles. The number of fused-ring (bicyclic) bond motifs is 5. The second kappa shape index (κ2) is 11.5. The SMILES string of the molecule is c1ccc(-c2c3ccccc3c(-c3ccc(-c4c5ccccc5c(-c5ccccc5)c5ncccc45)c4ccccc34)c3cccnc23)cc1. The molecule has 8 aromatic carbocycles. The first-order valence-corrected chi connectivity index (χ1v) is 17.1. The molecule has 232 valence electrons. The van der Waals surface area contributed by atoms with E-state index in [1.54, 1.807) is 0 Å². The summed E-state index contributed by atoms with van der Waals surface area (Å²) in [5.74, 6) is 0. The zero-order chi connectivity index (χ0) is 33.0. The summed E-state index contributed by atoms with van der Waals surface area (Å²) in [5.41, 5.74) is 11.5. The lowest BCUT2D eigenvalue weighted by Crippen LogP contribution is -1.95. The molecular weight excluding hydrogens is 605 g/mol. The summed E-state index contributed by atoms with van der Waals surface area (Å²) in [6.45, 7) is 0. The molecule has 10 aromatic rings. The van der Waals surface area contributed by atoms with Crippen LogP contribution in [0, 0.1) is 0 Å². The quantitative estimate of drug-likeness (QED) is 0.180. The average molecular weight is 635 g/mol. The van der Waals surface area contributed by atoms with Crippen molar-refractivity contribution in [2.45, 2.75) is 0 Å². The summed E-state index contributed by atoms with van der Waals surface area (Å²) < 4.78 is 0. The molecule has 0 amide bonds. The lowest BCUT2D eigenvalue weighted by molar-refractivity contribution is 1.42. The maximum absolute atomic E-state index is 5.03. The fourth-order valence-corrected chi connectivity index (χ4v) is 8.11. The highest BCUT2D eigenvalue weighted by atomic mass is 14.7. The minimum atomic E-state index is 1.01. The van der Waals surface area contributed by atoms with Gasteiger partial charge in [-0.25, -0.2) is 0 Å². The van der Waals surface area contributed by atoms with Gasteiger partial charge in [-0.05, 0) is 77.8 Å². The molecule has 0 N–H and O–H groups in total. The summed E-state index contributed by atoms with van der Waals surface area (Å²) >= 11 is 0. The Hall–Kier alpha value is -6.64. The minimum absolute atomic E-state index is 1.01. The third kappa shape index (κ3) is 4.29. The highest BCUT2D eigenvalue weighted by Gasteiger charge is 2.22. The van der Waals surface area contributed by atoms with Crippen molar-refractivity contribution in [2.75, 3.05) is 0 Å². The molecule has 0 saturated carbocycles. The second-order valence-electron chi connectivity index (χ2n) is 12.8. The van der Waals surface area contributed by atoms with Crippen LogP contribution < -0.4 is 0 Å². The van der Waals surface area contributed by atoms with Crippen LogP contribution in [0.2, 0.25) is 0 Å². The van der Waals surface area contributed by atoms with E-state index in [0.29, 0.717) is 0 Å². The van der Waals surface area contributed by atoms with Crippen molar-refractivity contribution in [1.29, 1.82) is 0 Å². The van der Waals surface area contributed by atoms with E-state index in [-0.39, 0.29) is 0 Å². The van der Waals surface area contributed by atoms with Crippen LogP contribution in [-0.4, -0.2) is 9.97 Å². The van der Waals surface area contributed by atoms with E-state index in [1.165, 1.54) is 76.8 Å². The Morgan fingerprint density at radius 2 is 0.560 bits per heavy atom. The number of hydrogen-bond donors (Lipinski definition) is 0. The molecule has 0 unspecified atom stereocenters. The molecule has 0 aliphatic rings. The summed E-state index contributed by atoms with van der Waals surface area (Å²) in [7, 11) is 0. The molecule has 10 rings (SSSR count). The number of aromatic nitrogens is 2. The summed E-state index contributed by atoms with van der Waals surface area (Å²) in [5, 5.41) is 9.56. The normalized spacial score (nSPS) is 11.6. The number of rotatable bonds is 4. The molecule has 0 bridgehead atoms. The molecule has 0 radical (unpaired) electrons. The van der Waals surface area contributed by atoms with Gasteiger partial charge in [-0.15, -0.1) is 0 Å². The van der Waals surface area contributed by atoms with Crippen LogP contribution in [-0.2, 0) is 0 Å². The van der Waals surface area contributed by atoms with Crippen LogP contribution in [0.25, 0.3) is 98.6 Å². The van der Waals surface area contributed by atoms with E-state index in [2.05, 4.69) is 170 Å². The molecule has 50 heavy (non-hydrogen) atoms. The standard InChI is InChI=1S/C48H30N2/c1-3-15-31(16-4-1)43-35-21-9-11-23-37(35)45(41-25-13-29-49-47(41)43)39-27-28-40(34-20-8-7-19-33(34)39)46-38-24-12-10-22-36(38)44(32-17-5-2-6-18-32)48-42(46)26-14-30-50-48/h1-30H. The third-order valence-corrected chi connectivity index (χ3v) is 10.1. The molecule has 0 fully saturated rings. The highest BCUT2D eigenvalue weighted by Crippen LogP contribution is 2.48. The lowest BCUT2D eigenvalue weighted by atomic mass is 9.83. The van der Waals surface area contributed by atoms with Crippen molar-refractivity contribution in [1.82, 2.24) is 9.97 Å². The fourth-order valence-electron chi connectivity index (χ4n) is 8.11. The van der Waals surface area contributed by atoms with Crippen LogP contribution in [0.15, 0.2) is 182 Å². The maximum Gasteiger partial charge on any atom is 0.0792 e. The minimum Gasteiger partial charge on any atom is -0.256 e. The molecular formula is C48H30N2. The van der Waals surface area contributed by atoms with Crippen molar-refractivity contribution in [2.24, 2.45) is 0 Å². The van der Waals surface area contributed by atoms with Crippen LogP contribution in [0.1, 0.15) is 0 Å². The van der Waals surface area contributed by atoms with Crippen LogP contribution in [0.4, 0.5) is 0 Å². The molecule has 2 heterocycles. The molecule has 2 heteroatoms. The predicted octanol–water partition coefficient (Wildman–Crippen LogP) is 12.9. The number of nitrogens with zero attached hydrogens (tertiary/aromatic N) is 2. The zero-order valence-electron chi connectivity index (χ0n) is 27.2. The fraction of sp³-hybridized carbons (Fsp3) is 0. The van der Waals surface area contributed by atoms with Gasteiger partial charge in [0.25, 0.3) is 0 Å². The van der Waals surface area contributed by atoms with Gasteiger partial charge in [0.15, 0.2) is 0 Å². The van der Waals surface area contributed by atoms with Gasteiger partial charge in [0.2, 0.25) is 0 Å². The van der Waals surface area contributed by atoms with Crippen molar-refractivity contribution in [3.8, 4) is 44.5 Å². The van der Waals surface area contributed by atoms with Gasteiger partial charge < -0.3 is 0 Å². The van der Waals surface area contributed by atoms with Gasteiger partial charge in [0.1, 0.15) is 0 Å². The number of hydrogen-bond acceptors (Lipinski definition) is 2. The third-order valence-electron chi connectivity index (χ3n) is 10.1. The van der Waals surface area contributed by atoms with Crippen LogP contribution in [0.5, 0.6) is 0 Å². The molecule has 0 saturated heterocycles. The van der Waals surface area contributed by atoms with Crippen LogP contribution in [0.3, 0.4) is 0 Å². The first-order chi connectivity index (χ1) is 24.9. The summed E-state index contributed by atoms with van der Waals surface area (Å²) in [6, 6.07) is 61.0. The van der Waals surface area contributed by atoms with Crippen molar-refractivity contribution in [3.05, 3.63) is 182 Å². The second-order valence-corrected chi connectivity index (χ2v) is 12.8. The zero-order valence-corrected chi connectivity index (χ0v) is 27.2. The topological polar surface area (TPSA) is 25.8 Å². The van der Waals surface area contributed by atoms with Crippen molar-refractivity contribution in [3.63, 3.8) is 0 Å². The van der Waals surface area contributed by atoms with Gasteiger partial charge >= 0.3 is 0 Å². The first-order valence-electron chi connectivity index (χ1n) is 17.1. The predicted molar refractivity (Wildman–Crippen MR) is 211 cm³/mol. The Labute approximate surface area is 290 Å². The molecule has 0 spiro atoms. The monoisotopic (exact) mass is 634 g/mol. The highest BCUT2D eigenvalue weighted by molar-refractivity contribution is 6.26.